The minimum Gasteiger partial charge on any atom is -0.341 e. The van der Waals surface area contributed by atoms with E-state index in [1.54, 1.807) is 0 Å². The van der Waals surface area contributed by atoms with Crippen molar-refractivity contribution >= 4 is 53.2 Å². The van der Waals surface area contributed by atoms with Crippen LogP contribution in [0.25, 0.3) is 0 Å². The maximum absolute atomic E-state index is 6.25. The highest BCUT2D eigenvalue weighted by molar-refractivity contribution is 6.31. The number of rotatable bonds is 5. The first kappa shape index (κ1) is 21.1. The highest BCUT2D eigenvalue weighted by Crippen LogP contribution is 2.25. The molecule has 1 saturated heterocycles. The Morgan fingerprint density at radius 2 is 1.41 bits per heavy atom. The topological polar surface area (TPSA) is 66.0 Å². The van der Waals surface area contributed by atoms with Crippen LogP contribution in [-0.2, 0) is 0 Å². The molecule has 3 aromatic rings. The summed E-state index contributed by atoms with van der Waals surface area (Å²) in [5, 5.41) is 7.25. The quantitative estimate of drug-likeness (QED) is 0.544. The number of anilines is 5. The van der Waals surface area contributed by atoms with E-state index < -0.39 is 0 Å². The Morgan fingerprint density at radius 1 is 0.828 bits per heavy atom. The lowest BCUT2D eigenvalue weighted by Crippen LogP contribution is -2.21. The molecule has 4 rings (SSSR count). The Morgan fingerprint density at radius 3 is 2.03 bits per heavy atom. The molecule has 0 atom stereocenters. The van der Waals surface area contributed by atoms with Gasteiger partial charge in [-0.3, -0.25) is 0 Å². The van der Waals surface area contributed by atoms with E-state index in [9.17, 15) is 0 Å². The first-order valence-electron chi connectivity index (χ1n) is 9.45. The summed E-state index contributed by atoms with van der Waals surface area (Å²) in [7, 11) is 0. The zero-order valence-corrected chi connectivity index (χ0v) is 18.0. The van der Waals surface area contributed by atoms with Crippen LogP contribution >= 0.6 is 24.0 Å². The lowest BCUT2D eigenvalue weighted by atomic mass is 10.2. The summed E-state index contributed by atoms with van der Waals surface area (Å²) in [6.45, 7) is 5.96. The fourth-order valence-corrected chi connectivity index (χ4v) is 3.28. The van der Waals surface area contributed by atoms with Crippen LogP contribution in [0.4, 0.5) is 29.2 Å². The summed E-state index contributed by atoms with van der Waals surface area (Å²) in [6, 6.07) is 14.0. The molecular weight excluding hydrogens is 407 g/mol. The van der Waals surface area contributed by atoms with Crippen molar-refractivity contribution in [3.8, 4) is 0 Å². The Labute approximate surface area is 182 Å². The number of halogens is 2. The fraction of sp³-hybridized carbons (Fsp3) is 0.286. The van der Waals surface area contributed by atoms with Gasteiger partial charge >= 0.3 is 0 Å². The molecule has 6 nitrogen and oxygen atoms in total. The number of hydrogen-bond donors (Lipinski definition) is 2. The molecule has 0 spiro atoms. The SMILES string of the molecule is Cc1ccc(Nc2nc(Nc3ccc(C)c(Cl)c3)nc(N3CCCC3)n2)cc1.Cl. The molecule has 0 unspecified atom stereocenters. The van der Waals surface area contributed by atoms with Crippen molar-refractivity contribution in [3.63, 3.8) is 0 Å². The number of nitrogens with zero attached hydrogens (tertiary/aromatic N) is 4. The first-order valence-corrected chi connectivity index (χ1v) is 9.82. The number of benzene rings is 2. The van der Waals surface area contributed by atoms with E-state index in [2.05, 4.69) is 49.5 Å². The Balaban J connectivity index is 0.00000240. The van der Waals surface area contributed by atoms with E-state index in [4.69, 9.17) is 11.6 Å². The second-order valence-corrected chi connectivity index (χ2v) is 7.46. The summed E-state index contributed by atoms with van der Waals surface area (Å²) >= 11 is 6.25. The van der Waals surface area contributed by atoms with Gasteiger partial charge in [-0.25, -0.2) is 0 Å². The van der Waals surface area contributed by atoms with Gasteiger partial charge < -0.3 is 15.5 Å². The van der Waals surface area contributed by atoms with Gasteiger partial charge in [0.25, 0.3) is 0 Å². The highest BCUT2D eigenvalue weighted by Gasteiger charge is 2.18. The monoisotopic (exact) mass is 430 g/mol. The predicted octanol–water partition coefficient (Wildman–Crippen LogP) is 5.65. The van der Waals surface area contributed by atoms with Crippen molar-refractivity contribution < 1.29 is 0 Å². The van der Waals surface area contributed by atoms with Crippen LogP contribution in [0.2, 0.25) is 5.02 Å². The lowest BCUT2D eigenvalue weighted by molar-refractivity contribution is 0.886. The van der Waals surface area contributed by atoms with E-state index in [1.165, 1.54) is 5.56 Å². The largest absolute Gasteiger partial charge is 0.341 e. The Bertz CT molecular complexity index is 971. The van der Waals surface area contributed by atoms with Gasteiger partial charge in [0.15, 0.2) is 0 Å². The smallest absolute Gasteiger partial charge is 0.233 e. The summed E-state index contributed by atoms with van der Waals surface area (Å²) in [5.41, 5.74) is 4.02. The van der Waals surface area contributed by atoms with Crippen molar-refractivity contribution in [2.45, 2.75) is 26.7 Å². The molecule has 0 bridgehead atoms. The molecule has 0 aliphatic carbocycles. The van der Waals surface area contributed by atoms with Crippen LogP contribution in [0.3, 0.4) is 0 Å². The molecule has 8 heteroatoms. The minimum absolute atomic E-state index is 0. The van der Waals surface area contributed by atoms with Crippen LogP contribution in [0.1, 0.15) is 24.0 Å². The average Bonchev–Trinajstić information content (AvgIpc) is 3.21. The normalized spacial score (nSPS) is 13.1. The van der Waals surface area contributed by atoms with E-state index in [0.29, 0.717) is 22.9 Å². The zero-order valence-electron chi connectivity index (χ0n) is 16.4. The molecule has 2 heterocycles. The van der Waals surface area contributed by atoms with E-state index >= 15 is 0 Å². The van der Waals surface area contributed by atoms with Crippen LogP contribution in [0, 0.1) is 13.8 Å². The molecule has 29 heavy (non-hydrogen) atoms. The van der Waals surface area contributed by atoms with Gasteiger partial charge in [0.05, 0.1) is 0 Å². The summed E-state index contributed by atoms with van der Waals surface area (Å²) in [5.74, 6) is 1.69. The van der Waals surface area contributed by atoms with Crippen LogP contribution in [0.5, 0.6) is 0 Å². The summed E-state index contributed by atoms with van der Waals surface area (Å²) < 4.78 is 0. The molecule has 152 valence electrons. The van der Waals surface area contributed by atoms with Crippen LogP contribution in [-0.4, -0.2) is 28.0 Å². The van der Waals surface area contributed by atoms with Crippen molar-refractivity contribution in [2.75, 3.05) is 28.6 Å². The van der Waals surface area contributed by atoms with Crippen LogP contribution < -0.4 is 15.5 Å². The Kier molecular flexibility index (Phi) is 6.77. The molecule has 1 fully saturated rings. The number of aryl methyl sites for hydroxylation is 2. The highest BCUT2D eigenvalue weighted by atomic mass is 35.5. The molecule has 0 saturated carbocycles. The Hall–Kier alpha value is -2.57. The van der Waals surface area contributed by atoms with Gasteiger partial charge in [0.1, 0.15) is 0 Å². The van der Waals surface area contributed by atoms with E-state index in [1.807, 2.05) is 37.3 Å². The number of hydrogen-bond acceptors (Lipinski definition) is 6. The van der Waals surface area contributed by atoms with Gasteiger partial charge in [-0.1, -0.05) is 35.4 Å². The second-order valence-electron chi connectivity index (χ2n) is 7.06. The standard InChI is InChI=1S/C21H23ClN6.ClH/c1-14-5-8-16(9-6-14)23-19-25-20(24-17-10-7-15(2)18(22)13-17)27-21(26-19)28-11-3-4-12-28;/h5-10,13H,3-4,11-12H2,1-2H3,(H2,23,24,25,26,27);1H. The first-order chi connectivity index (χ1) is 13.6. The number of nitrogens with one attached hydrogen (secondary N) is 2. The van der Waals surface area contributed by atoms with Crippen molar-refractivity contribution in [2.24, 2.45) is 0 Å². The van der Waals surface area contributed by atoms with E-state index in [0.717, 1.165) is 42.9 Å². The van der Waals surface area contributed by atoms with Gasteiger partial charge in [-0.2, -0.15) is 15.0 Å². The average molecular weight is 431 g/mol. The van der Waals surface area contributed by atoms with Gasteiger partial charge in [0.2, 0.25) is 17.8 Å². The summed E-state index contributed by atoms with van der Waals surface area (Å²) in [6.07, 6.45) is 2.31. The third-order valence-corrected chi connectivity index (χ3v) is 5.16. The van der Waals surface area contributed by atoms with E-state index in [-0.39, 0.29) is 12.4 Å². The van der Waals surface area contributed by atoms with Crippen molar-refractivity contribution in [1.29, 1.82) is 0 Å². The molecule has 1 aromatic heterocycles. The molecule has 0 amide bonds. The zero-order chi connectivity index (χ0) is 19.5. The third-order valence-electron chi connectivity index (χ3n) is 4.75. The fourth-order valence-electron chi connectivity index (χ4n) is 3.10. The molecule has 0 radical (unpaired) electrons. The molecule has 1 aliphatic heterocycles. The maximum Gasteiger partial charge on any atom is 0.233 e. The molecular formula is C21H24Cl2N6. The van der Waals surface area contributed by atoms with Crippen LogP contribution in [0.15, 0.2) is 42.5 Å². The maximum atomic E-state index is 6.25. The summed E-state index contributed by atoms with van der Waals surface area (Å²) in [4.78, 5) is 16.0. The van der Waals surface area contributed by atoms with Crippen molar-refractivity contribution in [1.82, 2.24) is 15.0 Å². The minimum atomic E-state index is 0. The number of aromatic nitrogens is 3. The van der Waals surface area contributed by atoms with Crippen molar-refractivity contribution in [3.05, 3.63) is 58.6 Å². The molecule has 2 aromatic carbocycles. The van der Waals surface area contributed by atoms with Gasteiger partial charge in [-0.05, 0) is 56.5 Å². The lowest BCUT2D eigenvalue weighted by Gasteiger charge is -2.17. The van der Waals surface area contributed by atoms with Gasteiger partial charge in [-0.15, -0.1) is 12.4 Å². The second kappa shape index (κ2) is 9.29. The third kappa shape index (κ3) is 5.28. The predicted molar refractivity (Wildman–Crippen MR) is 122 cm³/mol. The molecule has 2 N–H and O–H groups in total. The molecule has 1 aliphatic rings. The van der Waals surface area contributed by atoms with Gasteiger partial charge in [0, 0.05) is 29.5 Å².